The van der Waals surface area contributed by atoms with Gasteiger partial charge in [0.15, 0.2) is 5.43 Å². The fourth-order valence-corrected chi connectivity index (χ4v) is 4.31. The Kier molecular flexibility index (Phi) is 7.22. The van der Waals surface area contributed by atoms with Crippen LogP contribution >= 0.6 is 23.2 Å². The average molecular weight is 544 g/mol. The summed E-state index contributed by atoms with van der Waals surface area (Å²) in [4.78, 5) is 37.9. The first-order valence-corrected chi connectivity index (χ1v) is 12.3. The molecule has 1 aromatic heterocycles. The minimum absolute atomic E-state index is 0.0255. The van der Waals surface area contributed by atoms with Crippen molar-refractivity contribution in [2.24, 2.45) is 5.10 Å². The molecule has 0 aliphatic carbocycles. The summed E-state index contributed by atoms with van der Waals surface area (Å²) in [5.74, 6) is -0.591. The normalized spacial score (nSPS) is 11.2. The Labute approximate surface area is 226 Å². The fraction of sp³-hybridized carbons (Fsp3) is 0.0345. The van der Waals surface area contributed by atoms with Gasteiger partial charge in [0.25, 0.3) is 5.91 Å². The molecular weight excluding hydrogens is 525 g/mol. The summed E-state index contributed by atoms with van der Waals surface area (Å²) in [7, 11) is 0. The molecule has 0 bridgehead atoms. The number of ether oxygens (including phenoxy) is 1. The molecule has 1 amide bonds. The predicted molar refractivity (Wildman–Crippen MR) is 149 cm³/mol. The fourth-order valence-electron chi connectivity index (χ4n) is 4.02. The van der Waals surface area contributed by atoms with Crippen molar-refractivity contribution in [3.05, 3.63) is 122 Å². The van der Waals surface area contributed by atoms with E-state index in [1.54, 1.807) is 53.1 Å². The van der Waals surface area contributed by atoms with Gasteiger partial charge >= 0.3 is 5.97 Å². The zero-order chi connectivity index (χ0) is 26.6. The summed E-state index contributed by atoms with van der Waals surface area (Å²) >= 11 is 11.8. The molecule has 5 aromatic rings. The van der Waals surface area contributed by atoms with Crippen molar-refractivity contribution in [2.75, 3.05) is 0 Å². The second-order valence-electron chi connectivity index (χ2n) is 8.33. The van der Waals surface area contributed by atoms with Gasteiger partial charge in [-0.1, -0.05) is 47.5 Å². The van der Waals surface area contributed by atoms with Crippen molar-refractivity contribution in [3.63, 3.8) is 0 Å². The van der Waals surface area contributed by atoms with Crippen LogP contribution in [-0.4, -0.2) is 22.7 Å². The number of para-hydroxylation sites is 2. The minimum Gasteiger partial charge on any atom is -0.423 e. The molecule has 0 aliphatic rings. The summed E-state index contributed by atoms with van der Waals surface area (Å²) in [5.41, 5.74) is 4.74. The number of hydrogen-bond acceptors (Lipinski definition) is 5. The van der Waals surface area contributed by atoms with E-state index < -0.39 is 5.97 Å². The van der Waals surface area contributed by atoms with Gasteiger partial charge in [-0.05, 0) is 72.3 Å². The topological polar surface area (TPSA) is 89.8 Å². The van der Waals surface area contributed by atoms with Crippen molar-refractivity contribution in [2.45, 2.75) is 6.54 Å². The standard InChI is InChI=1S/C29H19Cl2N3O4/c30-23-14-11-19(15-24(23)31)29(37)38-20-12-9-18(10-13-20)16-32-33-27(35)17-34-25-7-3-1-5-21(25)28(36)22-6-2-4-8-26(22)34/h1-16H,17H2,(H,33,35)/b32-16-. The lowest BCUT2D eigenvalue weighted by Gasteiger charge is -2.14. The lowest BCUT2D eigenvalue weighted by atomic mass is 10.1. The third kappa shape index (κ3) is 5.29. The Balaban J connectivity index is 1.25. The Morgan fingerprint density at radius 1 is 0.842 bits per heavy atom. The van der Waals surface area contributed by atoms with Gasteiger partial charge in [0.1, 0.15) is 12.3 Å². The van der Waals surface area contributed by atoms with E-state index in [-0.39, 0.29) is 28.5 Å². The summed E-state index contributed by atoms with van der Waals surface area (Å²) in [6.07, 6.45) is 1.48. The highest BCUT2D eigenvalue weighted by Gasteiger charge is 2.13. The van der Waals surface area contributed by atoms with Crippen molar-refractivity contribution in [3.8, 4) is 5.75 Å². The number of halogens is 2. The zero-order valence-corrected chi connectivity index (χ0v) is 21.2. The van der Waals surface area contributed by atoms with Crippen molar-refractivity contribution >= 4 is 63.1 Å². The molecule has 38 heavy (non-hydrogen) atoms. The first kappa shape index (κ1) is 25.2. The summed E-state index contributed by atoms with van der Waals surface area (Å²) < 4.78 is 7.16. The van der Waals surface area contributed by atoms with Crippen LogP contribution in [0.15, 0.2) is 101 Å². The largest absolute Gasteiger partial charge is 0.423 e. The number of hydrazone groups is 1. The number of aromatic nitrogens is 1. The van der Waals surface area contributed by atoms with Crippen molar-refractivity contribution < 1.29 is 14.3 Å². The molecule has 1 N–H and O–H groups in total. The van der Waals surface area contributed by atoms with Crippen LogP contribution in [0.2, 0.25) is 10.0 Å². The molecule has 0 spiro atoms. The molecular formula is C29H19Cl2N3O4. The van der Waals surface area contributed by atoms with Crippen molar-refractivity contribution in [1.29, 1.82) is 0 Å². The van der Waals surface area contributed by atoms with Gasteiger partial charge < -0.3 is 9.30 Å². The van der Waals surface area contributed by atoms with Crippen LogP contribution in [0.1, 0.15) is 15.9 Å². The van der Waals surface area contributed by atoms with Crippen LogP contribution in [0.3, 0.4) is 0 Å². The Bertz CT molecular complexity index is 1720. The van der Waals surface area contributed by atoms with Gasteiger partial charge in [-0.2, -0.15) is 5.10 Å². The second kappa shape index (κ2) is 10.9. The first-order valence-electron chi connectivity index (χ1n) is 11.5. The van der Waals surface area contributed by atoms with E-state index in [2.05, 4.69) is 10.5 Å². The molecule has 7 nitrogen and oxygen atoms in total. The van der Waals surface area contributed by atoms with Gasteiger partial charge in [-0.25, -0.2) is 10.2 Å². The maximum absolute atomic E-state index is 12.9. The first-order chi connectivity index (χ1) is 18.4. The monoisotopic (exact) mass is 543 g/mol. The molecule has 0 radical (unpaired) electrons. The summed E-state index contributed by atoms with van der Waals surface area (Å²) in [6.45, 7) is -0.0255. The van der Waals surface area contributed by atoms with E-state index in [9.17, 15) is 14.4 Å². The highest BCUT2D eigenvalue weighted by molar-refractivity contribution is 6.42. The SMILES string of the molecule is O=C(Cn1c2ccccc2c(=O)c2ccccc21)N/N=C\c1ccc(OC(=O)c2ccc(Cl)c(Cl)c2)cc1. The maximum atomic E-state index is 12.9. The summed E-state index contributed by atoms with van der Waals surface area (Å²) in [6, 6.07) is 25.5. The number of fused-ring (bicyclic) bond motifs is 2. The van der Waals surface area contributed by atoms with Gasteiger partial charge in [-0.15, -0.1) is 0 Å². The third-order valence-electron chi connectivity index (χ3n) is 5.83. The predicted octanol–water partition coefficient (Wildman–Crippen LogP) is 5.83. The lowest BCUT2D eigenvalue weighted by molar-refractivity contribution is -0.121. The highest BCUT2D eigenvalue weighted by Crippen LogP contribution is 2.24. The Morgan fingerprint density at radius 2 is 1.47 bits per heavy atom. The maximum Gasteiger partial charge on any atom is 0.343 e. The van der Waals surface area contributed by atoms with E-state index in [1.165, 1.54) is 24.4 Å². The zero-order valence-electron chi connectivity index (χ0n) is 19.7. The third-order valence-corrected chi connectivity index (χ3v) is 6.57. The van der Waals surface area contributed by atoms with Gasteiger partial charge in [0.2, 0.25) is 0 Å². The van der Waals surface area contributed by atoms with E-state index >= 15 is 0 Å². The van der Waals surface area contributed by atoms with Gasteiger partial charge in [0, 0.05) is 10.8 Å². The highest BCUT2D eigenvalue weighted by atomic mass is 35.5. The number of rotatable bonds is 6. The summed E-state index contributed by atoms with van der Waals surface area (Å²) in [5, 5.41) is 5.73. The molecule has 1 heterocycles. The van der Waals surface area contributed by atoms with Crippen LogP contribution in [0.4, 0.5) is 0 Å². The Hall–Kier alpha value is -4.46. The number of esters is 1. The van der Waals surface area contributed by atoms with Crippen LogP contribution in [0, 0.1) is 0 Å². The number of nitrogens with zero attached hydrogens (tertiary/aromatic N) is 2. The molecule has 9 heteroatoms. The average Bonchev–Trinajstić information content (AvgIpc) is 2.93. The minimum atomic E-state index is -0.570. The molecule has 0 saturated heterocycles. The second-order valence-corrected chi connectivity index (χ2v) is 9.14. The van der Waals surface area contributed by atoms with Crippen LogP contribution in [0.25, 0.3) is 21.8 Å². The van der Waals surface area contributed by atoms with E-state index in [1.807, 2.05) is 24.3 Å². The molecule has 0 unspecified atom stereocenters. The van der Waals surface area contributed by atoms with E-state index in [0.717, 1.165) is 0 Å². The smallest absolute Gasteiger partial charge is 0.343 e. The lowest BCUT2D eigenvalue weighted by Crippen LogP contribution is -2.25. The van der Waals surface area contributed by atoms with E-state index in [0.29, 0.717) is 38.1 Å². The van der Waals surface area contributed by atoms with E-state index in [4.69, 9.17) is 27.9 Å². The quantitative estimate of drug-likeness (QED) is 0.0958. The number of pyridine rings is 1. The van der Waals surface area contributed by atoms with Gasteiger partial charge in [0.05, 0.1) is 32.9 Å². The van der Waals surface area contributed by atoms with Crippen LogP contribution in [0.5, 0.6) is 5.75 Å². The number of nitrogens with one attached hydrogen (secondary N) is 1. The molecule has 0 fully saturated rings. The molecule has 4 aromatic carbocycles. The number of carbonyl (C=O) groups is 2. The molecule has 0 aliphatic heterocycles. The number of carbonyl (C=O) groups excluding carboxylic acids is 2. The molecule has 5 rings (SSSR count). The van der Waals surface area contributed by atoms with Crippen LogP contribution < -0.4 is 15.6 Å². The van der Waals surface area contributed by atoms with Crippen molar-refractivity contribution in [1.82, 2.24) is 9.99 Å². The number of amides is 1. The molecule has 188 valence electrons. The molecule has 0 saturated carbocycles. The Morgan fingerprint density at radius 3 is 2.11 bits per heavy atom. The van der Waals surface area contributed by atoms with Gasteiger partial charge in [-0.3, -0.25) is 9.59 Å². The molecule has 0 atom stereocenters. The van der Waals surface area contributed by atoms with Crippen LogP contribution in [-0.2, 0) is 11.3 Å². The number of benzene rings is 4. The number of hydrogen-bond donors (Lipinski definition) is 1.